The van der Waals surface area contributed by atoms with Crippen molar-refractivity contribution in [1.29, 1.82) is 0 Å². The highest BCUT2D eigenvalue weighted by molar-refractivity contribution is 14.1. The SMILES string of the molecule is CC(=O)N1CCc2cc(I)cc([N+](=O)[O-])c21. The number of anilines is 1. The first kappa shape index (κ1) is 11.3. The lowest BCUT2D eigenvalue weighted by Crippen LogP contribution is -2.26. The van der Waals surface area contributed by atoms with Gasteiger partial charge in [-0.3, -0.25) is 14.9 Å². The molecule has 1 aliphatic rings. The number of carbonyl (C=O) groups excluding carboxylic acids is 1. The highest BCUT2D eigenvalue weighted by Gasteiger charge is 2.30. The number of carbonyl (C=O) groups is 1. The molecule has 0 spiro atoms. The summed E-state index contributed by atoms with van der Waals surface area (Å²) in [5, 5.41) is 10.9. The summed E-state index contributed by atoms with van der Waals surface area (Å²) in [6, 6.07) is 3.40. The molecule has 0 saturated carbocycles. The van der Waals surface area contributed by atoms with Crippen molar-refractivity contribution in [1.82, 2.24) is 0 Å². The standard InChI is InChI=1S/C10H9IN2O3/c1-6(14)12-3-2-7-4-8(11)5-9(10(7)12)13(15)16/h4-5H,2-3H2,1H3. The molecule has 0 atom stereocenters. The van der Waals surface area contributed by atoms with E-state index in [1.807, 2.05) is 28.7 Å². The molecule has 2 rings (SSSR count). The Hall–Kier alpha value is -1.18. The van der Waals surface area contributed by atoms with E-state index < -0.39 is 4.92 Å². The van der Waals surface area contributed by atoms with Gasteiger partial charge in [0.15, 0.2) is 0 Å². The number of nitro benzene ring substituents is 1. The summed E-state index contributed by atoms with van der Waals surface area (Å²) < 4.78 is 0.827. The second-order valence-corrected chi connectivity index (χ2v) is 4.86. The molecule has 0 bridgehead atoms. The van der Waals surface area contributed by atoms with E-state index >= 15 is 0 Å². The lowest BCUT2D eigenvalue weighted by Gasteiger charge is -2.14. The van der Waals surface area contributed by atoms with Crippen LogP contribution in [0.25, 0.3) is 0 Å². The van der Waals surface area contributed by atoms with Crippen molar-refractivity contribution < 1.29 is 9.72 Å². The van der Waals surface area contributed by atoms with Gasteiger partial charge in [-0.1, -0.05) is 0 Å². The van der Waals surface area contributed by atoms with Crippen molar-refractivity contribution in [3.05, 3.63) is 31.4 Å². The molecule has 0 saturated heterocycles. The second kappa shape index (κ2) is 4.00. The van der Waals surface area contributed by atoms with Crippen molar-refractivity contribution in [3.63, 3.8) is 0 Å². The van der Waals surface area contributed by atoms with E-state index in [1.54, 1.807) is 0 Å². The Labute approximate surface area is 106 Å². The Morgan fingerprint density at radius 3 is 2.81 bits per heavy atom. The van der Waals surface area contributed by atoms with Crippen LogP contribution in [0.3, 0.4) is 0 Å². The predicted octanol–water partition coefficient (Wildman–Crippen LogP) is 2.11. The average Bonchev–Trinajstić information content (AvgIpc) is 2.59. The summed E-state index contributed by atoms with van der Waals surface area (Å²) in [5.74, 6) is -0.150. The quantitative estimate of drug-likeness (QED) is 0.449. The number of amides is 1. The number of nitro groups is 1. The van der Waals surface area contributed by atoms with Gasteiger partial charge in [0.2, 0.25) is 5.91 Å². The Morgan fingerprint density at radius 1 is 1.56 bits per heavy atom. The van der Waals surface area contributed by atoms with Gasteiger partial charge in [0.1, 0.15) is 5.69 Å². The van der Waals surface area contributed by atoms with Crippen LogP contribution in [0.15, 0.2) is 12.1 Å². The Bertz CT molecular complexity index is 487. The van der Waals surface area contributed by atoms with Crippen LogP contribution < -0.4 is 4.90 Å². The summed E-state index contributed by atoms with van der Waals surface area (Å²) in [4.78, 5) is 23.4. The van der Waals surface area contributed by atoms with E-state index in [9.17, 15) is 14.9 Å². The number of benzene rings is 1. The molecule has 84 valence electrons. The van der Waals surface area contributed by atoms with Crippen LogP contribution >= 0.6 is 22.6 Å². The first-order chi connectivity index (χ1) is 7.50. The number of nitrogens with zero attached hydrogens (tertiary/aromatic N) is 2. The minimum atomic E-state index is -0.428. The summed E-state index contributed by atoms with van der Waals surface area (Å²) in [5.41, 5.74) is 1.38. The van der Waals surface area contributed by atoms with Crippen LogP contribution in [-0.2, 0) is 11.2 Å². The third-order valence-electron chi connectivity index (χ3n) is 2.58. The topological polar surface area (TPSA) is 63.5 Å². The largest absolute Gasteiger partial charge is 0.306 e. The Kier molecular flexibility index (Phi) is 2.83. The van der Waals surface area contributed by atoms with Gasteiger partial charge in [0.25, 0.3) is 5.69 Å². The molecular formula is C10H9IN2O3. The minimum absolute atomic E-state index is 0.0228. The number of halogens is 1. The molecule has 0 aliphatic carbocycles. The fourth-order valence-electron chi connectivity index (χ4n) is 1.94. The normalized spacial score (nSPS) is 13.8. The molecule has 6 heteroatoms. The van der Waals surface area contributed by atoms with Crippen LogP contribution in [0.5, 0.6) is 0 Å². The summed E-state index contributed by atoms with van der Waals surface area (Å²) in [7, 11) is 0. The summed E-state index contributed by atoms with van der Waals surface area (Å²) >= 11 is 2.05. The first-order valence-corrected chi connectivity index (χ1v) is 5.83. The maximum atomic E-state index is 11.4. The minimum Gasteiger partial charge on any atom is -0.306 e. The molecule has 1 heterocycles. The third kappa shape index (κ3) is 1.77. The van der Waals surface area contributed by atoms with E-state index in [1.165, 1.54) is 17.9 Å². The number of hydrogen-bond acceptors (Lipinski definition) is 3. The van der Waals surface area contributed by atoms with Crippen molar-refractivity contribution in [2.24, 2.45) is 0 Å². The lowest BCUT2D eigenvalue weighted by molar-refractivity contribution is -0.384. The van der Waals surface area contributed by atoms with E-state index in [-0.39, 0.29) is 11.6 Å². The highest BCUT2D eigenvalue weighted by Crippen LogP contribution is 2.38. The van der Waals surface area contributed by atoms with Gasteiger partial charge in [-0.15, -0.1) is 0 Å². The second-order valence-electron chi connectivity index (χ2n) is 3.61. The van der Waals surface area contributed by atoms with Crippen molar-refractivity contribution in [2.75, 3.05) is 11.4 Å². The Morgan fingerprint density at radius 2 is 2.25 bits per heavy atom. The fraction of sp³-hybridized carbons (Fsp3) is 0.300. The Balaban J connectivity index is 2.63. The maximum absolute atomic E-state index is 11.4. The van der Waals surface area contributed by atoms with E-state index in [4.69, 9.17) is 0 Å². The summed E-state index contributed by atoms with van der Waals surface area (Å²) in [6.45, 7) is 1.96. The molecule has 0 radical (unpaired) electrons. The van der Waals surface area contributed by atoms with Gasteiger partial charge >= 0.3 is 0 Å². The molecule has 1 amide bonds. The number of hydrogen-bond donors (Lipinski definition) is 0. The number of fused-ring (bicyclic) bond motifs is 1. The molecule has 0 aromatic heterocycles. The number of rotatable bonds is 1. The zero-order valence-electron chi connectivity index (χ0n) is 8.57. The average molecular weight is 332 g/mol. The zero-order valence-corrected chi connectivity index (χ0v) is 10.7. The van der Waals surface area contributed by atoms with Crippen LogP contribution in [0.1, 0.15) is 12.5 Å². The lowest BCUT2D eigenvalue weighted by atomic mass is 10.1. The third-order valence-corrected chi connectivity index (χ3v) is 3.21. The highest BCUT2D eigenvalue weighted by atomic mass is 127. The van der Waals surface area contributed by atoms with Gasteiger partial charge in [0, 0.05) is 23.1 Å². The van der Waals surface area contributed by atoms with Gasteiger partial charge in [-0.05, 0) is 40.6 Å². The van der Waals surface area contributed by atoms with Crippen LogP contribution in [-0.4, -0.2) is 17.4 Å². The molecule has 1 aromatic carbocycles. The molecule has 0 fully saturated rings. The smallest absolute Gasteiger partial charge is 0.294 e. The van der Waals surface area contributed by atoms with Crippen molar-refractivity contribution in [2.45, 2.75) is 13.3 Å². The van der Waals surface area contributed by atoms with Crippen molar-refractivity contribution >= 4 is 39.9 Å². The maximum Gasteiger partial charge on any atom is 0.294 e. The molecule has 0 unspecified atom stereocenters. The zero-order chi connectivity index (χ0) is 11.9. The molecule has 1 aliphatic heterocycles. The summed E-state index contributed by atoms with van der Waals surface area (Å²) in [6.07, 6.45) is 0.687. The van der Waals surface area contributed by atoms with E-state index in [0.29, 0.717) is 18.7 Å². The molecule has 5 nitrogen and oxygen atoms in total. The monoisotopic (exact) mass is 332 g/mol. The van der Waals surface area contributed by atoms with Gasteiger partial charge in [-0.2, -0.15) is 0 Å². The molecule has 0 N–H and O–H groups in total. The van der Waals surface area contributed by atoms with Crippen molar-refractivity contribution in [3.8, 4) is 0 Å². The van der Waals surface area contributed by atoms with Crippen LogP contribution in [0, 0.1) is 13.7 Å². The predicted molar refractivity (Wildman–Crippen MR) is 67.5 cm³/mol. The first-order valence-electron chi connectivity index (χ1n) is 4.75. The molecular weight excluding hydrogens is 323 g/mol. The van der Waals surface area contributed by atoms with Gasteiger partial charge in [0.05, 0.1) is 4.92 Å². The fourth-order valence-corrected chi connectivity index (χ4v) is 2.61. The van der Waals surface area contributed by atoms with Gasteiger partial charge < -0.3 is 4.90 Å². The van der Waals surface area contributed by atoms with Crippen LogP contribution in [0.4, 0.5) is 11.4 Å². The molecule has 16 heavy (non-hydrogen) atoms. The molecule has 1 aromatic rings. The van der Waals surface area contributed by atoms with E-state index in [2.05, 4.69) is 0 Å². The van der Waals surface area contributed by atoms with E-state index in [0.717, 1.165) is 9.13 Å². The van der Waals surface area contributed by atoms with Crippen LogP contribution in [0.2, 0.25) is 0 Å². The van der Waals surface area contributed by atoms with Gasteiger partial charge in [-0.25, -0.2) is 0 Å².